The molecular formula is C11H13N3O. The van der Waals surface area contributed by atoms with Crippen LogP contribution in [0, 0.1) is 0 Å². The Labute approximate surface area is 88.3 Å². The predicted octanol–water partition coefficient (Wildman–Crippen LogP) is 2.07. The van der Waals surface area contributed by atoms with E-state index in [9.17, 15) is 0 Å². The van der Waals surface area contributed by atoms with Crippen LogP contribution >= 0.6 is 0 Å². The smallest absolute Gasteiger partial charge is 0.137 e. The van der Waals surface area contributed by atoms with Gasteiger partial charge in [-0.15, -0.1) is 0 Å². The Bertz CT molecular complexity index is 470. The van der Waals surface area contributed by atoms with Crippen molar-refractivity contribution in [2.45, 2.75) is 6.92 Å². The lowest BCUT2D eigenvalue weighted by Gasteiger charge is -2.07. The summed E-state index contributed by atoms with van der Waals surface area (Å²) in [6.45, 7) is 2.87. The number of nitrogens with zero attached hydrogens (tertiary/aromatic N) is 2. The SMILES string of the molecule is CCNc1ncnc2ccc(OC)cc12. The molecule has 0 unspecified atom stereocenters. The van der Waals surface area contributed by atoms with E-state index in [2.05, 4.69) is 15.3 Å². The molecule has 0 radical (unpaired) electrons. The Morgan fingerprint density at radius 1 is 1.33 bits per heavy atom. The first-order valence-corrected chi connectivity index (χ1v) is 4.87. The molecule has 0 spiro atoms. The molecule has 0 aliphatic rings. The molecule has 2 rings (SSSR count). The second-order valence-electron chi connectivity index (χ2n) is 3.14. The van der Waals surface area contributed by atoms with Gasteiger partial charge < -0.3 is 10.1 Å². The third-order valence-electron chi connectivity index (χ3n) is 2.19. The van der Waals surface area contributed by atoms with Gasteiger partial charge >= 0.3 is 0 Å². The minimum Gasteiger partial charge on any atom is -0.497 e. The summed E-state index contributed by atoms with van der Waals surface area (Å²) in [5.74, 6) is 1.66. The normalized spacial score (nSPS) is 10.3. The van der Waals surface area contributed by atoms with Crippen molar-refractivity contribution in [2.24, 2.45) is 0 Å². The van der Waals surface area contributed by atoms with Crippen LogP contribution in [0.25, 0.3) is 10.9 Å². The molecule has 78 valence electrons. The Balaban J connectivity index is 2.59. The zero-order valence-corrected chi connectivity index (χ0v) is 8.82. The van der Waals surface area contributed by atoms with Crippen LogP contribution in [-0.2, 0) is 0 Å². The van der Waals surface area contributed by atoms with Crippen molar-refractivity contribution in [2.75, 3.05) is 19.0 Å². The predicted molar refractivity (Wildman–Crippen MR) is 60.3 cm³/mol. The van der Waals surface area contributed by atoms with Crippen molar-refractivity contribution in [1.29, 1.82) is 0 Å². The maximum atomic E-state index is 5.17. The number of rotatable bonds is 3. The molecule has 0 bridgehead atoms. The molecule has 4 heteroatoms. The lowest BCUT2D eigenvalue weighted by atomic mass is 10.2. The minimum atomic E-state index is 0.816. The summed E-state index contributed by atoms with van der Waals surface area (Å²) >= 11 is 0. The van der Waals surface area contributed by atoms with Crippen LogP contribution in [-0.4, -0.2) is 23.6 Å². The Hall–Kier alpha value is -1.84. The summed E-state index contributed by atoms with van der Waals surface area (Å²) in [6, 6.07) is 5.76. The van der Waals surface area contributed by atoms with E-state index in [-0.39, 0.29) is 0 Å². The van der Waals surface area contributed by atoms with Gasteiger partial charge in [-0.2, -0.15) is 0 Å². The maximum absolute atomic E-state index is 5.17. The zero-order chi connectivity index (χ0) is 10.7. The average Bonchev–Trinajstić information content (AvgIpc) is 2.29. The van der Waals surface area contributed by atoms with Gasteiger partial charge in [0.1, 0.15) is 17.9 Å². The molecule has 2 aromatic rings. The van der Waals surface area contributed by atoms with E-state index >= 15 is 0 Å². The molecule has 1 heterocycles. The van der Waals surface area contributed by atoms with Gasteiger partial charge in [-0.3, -0.25) is 0 Å². The van der Waals surface area contributed by atoms with Gasteiger partial charge in [-0.1, -0.05) is 0 Å². The van der Waals surface area contributed by atoms with Gasteiger partial charge in [0.2, 0.25) is 0 Å². The van der Waals surface area contributed by atoms with Crippen molar-refractivity contribution in [1.82, 2.24) is 9.97 Å². The quantitative estimate of drug-likeness (QED) is 0.829. The molecule has 0 aliphatic carbocycles. The highest BCUT2D eigenvalue weighted by Gasteiger charge is 2.03. The van der Waals surface area contributed by atoms with E-state index in [0.29, 0.717) is 0 Å². The van der Waals surface area contributed by atoms with Crippen LogP contribution in [0.2, 0.25) is 0 Å². The summed E-state index contributed by atoms with van der Waals surface area (Å²) in [6.07, 6.45) is 1.56. The molecule has 0 saturated heterocycles. The molecule has 4 nitrogen and oxygen atoms in total. The van der Waals surface area contributed by atoms with Crippen LogP contribution in [0.1, 0.15) is 6.92 Å². The first-order chi connectivity index (χ1) is 7.35. The van der Waals surface area contributed by atoms with E-state index in [1.165, 1.54) is 0 Å². The molecule has 1 aromatic carbocycles. The summed E-state index contributed by atoms with van der Waals surface area (Å²) in [4.78, 5) is 8.39. The highest BCUT2D eigenvalue weighted by molar-refractivity contribution is 5.89. The highest BCUT2D eigenvalue weighted by Crippen LogP contribution is 2.23. The second kappa shape index (κ2) is 4.13. The molecule has 1 N–H and O–H groups in total. The van der Waals surface area contributed by atoms with Crippen LogP contribution in [0.5, 0.6) is 5.75 Å². The summed E-state index contributed by atoms with van der Waals surface area (Å²) in [5, 5.41) is 4.18. The van der Waals surface area contributed by atoms with Crippen molar-refractivity contribution >= 4 is 16.7 Å². The topological polar surface area (TPSA) is 47.0 Å². The molecule has 15 heavy (non-hydrogen) atoms. The van der Waals surface area contributed by atoms with Crippen LogP contribution in [0.3, 0.4) is 0 Å². The number of hydrogen-bond acceptors (Lipinski definition) is 4. The fourth-order valence-corrected chi connectivity index (χ4v) is 1.47. The standard InChI is InChI=1S/C11H13N3O/c1-3-12-11-9-6-8(15-2)4-5-10(9)13-7-14-11/h4-7H,3H2,1-2H3,(H,12,13,14). The van der Waals surface area contributed by atoms with Gasteiger partial charge in [-0.05, 0) is 25.1 Å². The molecule has 0 atom stereocenters. The number of hydrogen-bond donors (Lipinski definition) is 1. The molecule has 0 amide bonds. The van der Waals surface area contributed by atoms with Crippen LogP contribution in [0.4, 0.5) is 5.82 Å². The van der Waals surface area contributed by atoms with Gasteiger partial charge in [0.15, 0.2) is 0 Å². The Morgan fingerprint density at radius 2 is 2.20 bits per heavy atom. The first-order valence-electron chi connectivity index (χ1n) is 4.87. The van der Waals surface area contributed by atoms with Crippen LogP contribution in [0.15, 0.2) is 24.5 Å². The van der Waals surface area contributed by atoms with Gasteiger partial charge in [0, 0.05) is 11.9 Å². The number of ether oxygens (including phenoxy) is 1. The van der Waals surface area contributed by atoms with Gasteiger partial charge in [-0.25, -0.2) is 9.97 Å². The number of nitrogens with one attached hydrogen (secondary N) is 1. The Kier molecular flexibility index (Phi) is 2.67. The number of aromatic nitrogens is 2. The van der Waals surface area contributed by atoms with Gasteiger partial charge in [0.05, 0.1) is 12.6 Å². The lowest BCUT2D eigenvalue weighted by Crippen LogP contribution is -2.00. The zero-order valence-electron chi connectivity index (χ0n) is 8.82. The van der Waals surface area contributed by atoms with E-state index in [1.807, 2.05) is 25.1 Å². The number of benzene rings is 1. The van der Waals surface area contributed by atoms with E-state index in [0.717, 1.165) is 29.0 Å². The molecule has 0 fully saturated rings. The summed E-state index contributed by atoms with van der Waals surface area (Å²) < 4.78 is 5.17. The Morgan fingerprint density at radius 3 is 2.93 bits per heavy atom. The third-order valence-corrected chi connectivity index (χ3v) is 2.19. The summed E-state index contributed by atoms with van der Waals surface area (Å²) in [7, 11) is 1.65. The monoisotopic (exact) mass is 203 g/mol. The van der Waals surface area contributed by atoms with Crippen molar-refractivity contribution < 1.29 is 4.74 Å². The molecular weight excluding hydrogens is 190 g/mol. The second-order valence-corrected chi connectivity index (χ2v) is 3.14. The van der Waals surface area contributed by atoms with E-state index < -0.39 is 0 Å². The summed E-state index contributed by atoms with van der Waals surface area (Å²) in [5.41, 5.74) is 0.918. The van der Waals surface area contributed by atoms with E-state index in [4.69, 9.17) is 4.74 Å². The fourth-order valence-electron chi connectivity index (χ4n) is 1.47. The molecule has 0 aliphatic heterocycles. The van der Waals surface area contributed by atoms with Crippen molar-refractivity contribution in [3.8, 4) is 5.75 Å². The third kappa shape index (κ3) is 1.83. The molecule has 0 saturated carbocycles. The van der Waals surface area contributed by atoms with Crippen LogP contribution < -0.4 is 10.1 Å². The van der Waals surface area contributed by atoms with Crippen molar-refractivity contribution in [3.05, 3.63) is 24.5 Å². The lowest BCUT2D eigenvalue weighted by molar-refractivity contribution is 0.415. The number of anilines is 1. The largest absolute Gasteiger partial charge is 0.497 e. The van der Waals surface area contributed by atoms with E-state index in [1.54, 1.807) is 13.4 Å². The molecule has 1 aromatic heterocycles. The van der Waals surface area contributed by atoms with Gasteiger partial charge in [0.25, 0.3) is 0 Å². The maximum Gasteiger partial charge on any atom is 0.137 e. The number of methoxy groups -OCH3 is 1. The average molecular weight is 203 g/mol. The first kappa shape index (κ1) is 9.71. The highest BCUT2D eigenvalue weighted by atomic mass is 16.5. The van der Waals surface area contributed by atoms with Crippen molar-refractivity contribution in [3.63, 3.8) is 0 Å². The minimum absolute atomic E-state index is 0.816. The fraction of sp³-hybridized carbons (Fsp3) is 0.273. The number of fused-ring (bicyclic) bond motifs is 1.